The van der Waals surface area contributed by atoms with Crippen LogP contribution < -0.4 is 9.47 Å². The third-order valence-corrected chi connectivity index (χ3v) is 4.18. The van der Waals surface area contributed by atoms with E-state index in [0.717, 1.165) is 11.3 Å². The van der Waals surface area contributed by atoms with Crippen LogP contribution in [0.1, 0.15) is 0 Å². The number of imidazole rings is 1. The lowest BCUT2D eigenvalue weighted by Crippen LogP contribution is -1.92. The van der Waals surface area contributed by atoms with E-state index in [1.165, 1.54) is 12.1 Å². The third-order valence-electron chi connectivity index (χ3n) is 4.18. The highest BCUT2D eigenvalue weighted by molar-refractivity contribution is 5.81. The fourth-order valence-electron chi connectivity index (χ4n) is 2.88. The summed E-state index contributed by atoms with van der Waals surface area (Å²) in [4.78, 5) is 18.0. The molecule has 5 rings (SSSR count). The summed E-state index contributed by atoms with van der Waals surface area (Å²) in [7, 11) is 0. The number of nitro benzene ring substituents is 1. The number of aromatic amines is 2. The molecule has 0 spiro atoms. The molecule has 0 aliphatic carbocycles. The number of non-ortho nitro benzene ring substituents is 1. The average molecular weight is 349 g/mol. The van der Waals surface area contributed by atoms with Crippen molar-refractivity contribution in [3.8, 4) is 34.3 Å². The number of hydrogen-bond donors (Lipinski definition) is 2. The first kappa shape index (κ1) is 14.5. The second-order valence-electron chi connectivity index (χ2n) is 5.78. The summed E-state index contributed by atoms with van der Waals surface area (Å²) in [6.45, 7) is 0.218. The van der Waals surface area contributed by atoms with Gasteiger partial charge in [0.15, 0.2) is 17.3 Å². The highest BCUT2D eigenvalue weighted by atomic mass is 16.7. The van der Waals surface area contributed by atoms with Gasteiger partial charge >= 0.3 is 0 Å². The van der Waals surface area contributed by atoms with Gasteiger partial charge in [-0.1, -0.05) is 0 Å². The number of nitrogens with one attached hydrogen (secondary N) is 2. The molecule has 2 aromatic carbocycles. The van der Waals surface area contributed by atoms with Crippen LogP contribution in [0.15, 0.2) is 42.5 Å². The highest BCUT2D eigenvalue weighted by Gasteiger charge is 2.16. The maximum absolute atomic E-state index is 10.9. The summed E-state index contributed by atoms with van der Waals surface area (Å²) in [5.74, 6) is 1.95. The summed E-state index contributed by atoms with van der Waals surface area (Å²) in [6.07, 6.45) is 0. The summed E-state index contributed by atoms with van der Waals surface area (Å²) in [6, 6.07) is 12.0. The third kappa shape index (κ3) is 2.25. The minimum absolute atomic E-state index is 0.00112. The molecule has 4 aromatic rings. The number of nitro groups is 1. The predicted molar refractivity (Wildman–Crippen MR) is 91.9 cm³/mol. The fourth-order valence-corrected chi connectivity index (χ4v) is 2.88. The molecular formula is C17H11N5O4. The van der Waals surface area contributed by atoms with E-state index in [-0.39, 0.29) is 12.5 Å². The van der Waals surface area contributed by atoms with E-state index >= 15 is 0 Å². The van der Waals surface area contributed by atoms with Crippen molar-refractivity contribution in [1.29, 1.82) is 0 Å². The van der Waals surface area contributed by atoms with Crippen molar-refractivity contribution >= 4 is 16.7 Å². The van der Waals surface area contributed by atoms with E-state index in [2.05, 4.69) is 20.2 Å². The Morgan fingerprint density at radius 1 is 1.08 bits per heavy atom. The van der Waals surface area contributed by atoms with E-state index in [4.69, 9.17) is 9.47 Å². The lowest BCUT2D eigenvalue weighted by Gasteiger charge is -1.98. The second-order valence-corrected chi connectivity index (χ2v) is 5.78. The number of H-pyrrole nitrogens is 2. The van der Waals surface area contributed by atoms with Crippen molar-refractivity contribution in [2.45, 2.75) is 0 Å². The van der Waals surface area contributed by atoms with Crippen LogP contribution in [0.2, 0.25) is 0 Å². The Balaban J connectivity index is 1.52. The molecule has 3 heterocycles. The molecule has 0 saturated heterocycles. The maximum Gasteiger partial charge on any atom is 0.271 e. The van der Waals surface area contributed by atoms with Crippen LogP contribution in [0.3, 0.4) is 0 Å². The molecule has 9 nitrogen and oxygen atoms in total. The molecule has 26 heavy (non-hydrogen) atoms. The van der Waals surface area contributed by atoms with Crippen molar-refractivity contribution in [2.24, 2.45) is 0 Å². The number of ether oxygens (including phenoxy) is 2. The number of benzene rings is 2. The van der Waals surface area contributed by atoms with E-state index in [9.17, 15) is 10.1 Å². The molecule has 0 atom stereocenters. The number of rotatable bonds is 3. The second kappa shape index (κ2) is 5.31. The van der Waals surface area contributed by atoms with Gasteiger partial charge in [0, 0.05) is 17.7 Å². The summed E-state index contributed by atoms with van der Waals surface area (Å²) < 4.78 is 10.7. The SMILES string of the molecule is O=[N+]([O-])c1ccc2[nH]c(-c3cc(-c4ccc5c(c4)OCO5)n[nH]3)nc2c1. The summed E-state index contributed by atoms with van der Waals surface area (Å²) >= 11 is 0. The van der Waals surface area contributed by atoms with Gasteiger partial charge in [-0.05, 0) is 30.3 Å². The van der Waals surface area contributed by atoms with Gasteiger partial charge in [0.2, 0.25) is 6.79 Å². The van der Waals surface area contributed by atoms with Crippen molar-refractivity contribution in [3.05, 3.63) is 52.6 Å². The van der Waals surface area contributed by atoms with Crippen LogP contribution in [0.4, 0.5) is 5.69 Å². The maximum atomic E-state index is 10.9. The Kier molecular flexibility index (Phi) is 2.95. The smallest absolute Gasteiger partial charge is 0.271 e. The first-order chi connectivity index (χ1) is 12.7. The molecular weight excluding hydrogens is 338 g/mol. The molecule has 0 unspecified atom stereocenters. The Morgan fingerprint density at radius 3 is 2.85 bits per heavy atom. The number of fused-ring (bicyclic) bond motifs is 2. The number of aromatic nitrogens is 4. The van der Waals surface area contributed by atoms with E-state index in [0.29, 0.717) is 34.1 Å². The van der Waals surface area contributed by atoms with Gasteiger partial charge in [-0.15, -0.1) is 0 Å². The van der Waals surface area contributed by atoms with E-state index < -0.39 is 4.92 Å². The van der Waals surface area contributed by atoms with Crippen LogP contribution in [-0.4, -0.2) is 31.9 Å². The topological polar surface area (TPSA) is 119 Å². The van der Waals surface area contributed by atoms with Gasteiger partial charge in [-0.2, -0.15) is 5.10 Å². The Bertz CT molecular complexity index is 1160. The van der Waals surface area contributed by atoms with Crippen LogP contribution in [0.25, 0.3) is 33.8 Å². The molecule has 9 heteroatoms. The highest BCUT2D eigenvalue weighted by Crippen LogP contribution is 2.36. The zero-order chi connectivity index (χ0) is 17.7. The number of nitrogens with zero attached hydrogens (tertiary/aromatic N) is 3. The molecule has 0 radical (unpaired) electrons. The first-order valence-corrected chi connectivity index (χ1v) is 7.77. The van der Waals surface area contributed by atoms with Crippen molar-refractivity contribution in [1.82, 2.24) is 20.2 Å². The van der Waals surface area contributed by atoms with Gasteiger partial charge in [-0.3, -0.25) is 15.2 Å². The first-order valence-electron chi connectivity index (χ1n) is 7.77. The lowest BCUT2D eigenvalue weighted by atomic mass is 10.1. The molecule has 0 fully saturated rings. The lowest BCUT2D eigenvalue weighted by molar-refractivity contribution is -0.384. The summed E-state index contributed by atoms with van der Waals surface area (Å²) in [5.41, 5.74) is 3.52. The fraction of sp³-hybridized carbons (Fsp3) is 0.0588. The van der Waals surface area contributed by atoms with Gasteiger partial charge in [-0.25, -0.2) is 4.98 Å². The molecule has 0 amide bonds. The molecule has 2 N–H and O–H groups in total. The minimum atomic E-state index is -0.443. The van der Waals surface area contributed by atoms with E-state index in [1.54, 1.807) is 6.07 Å². The van der Waals surface area contributed by atoms with Crippen LogP contribution in [-0.2, 0) is 0 Å². The number of hydrogen-bond acceptors (Lipinski definition) is 6. The van der Waals surface area contributed by atoms with Gasteiger partial charge < -0.3 is 14.5 Å². The van der Waals surface area contributed by atoms with Crippen molar-refractivity contribution in [2.75, 3.05) is 6.79 Å². The molecule has 1 aliphatic rings. The minimum Gasteiger partial charge on any atom is -0.454 e. The Hall–Kier alpha value is -3.88. The normalized spacial score (nSPS) is 12.6. The van der Waals surface area contributed by atoms with Crippen LogP contribution >= 0.6 is 0 Å². The van der Waals surface area contributed by atoms with E-state index in [1.807, 2.05) is 24.3 Å². The summed E-state index contributed by atoms with van der Waals surface area (Å²) in [5, 5.41) is 18.1. The van der Waals surface area contributed by atoms with Gasteiger partial charge in [0.1, 0.15) is 5.69 Å². The van der Waals surface area contributed by atoms with Gasteiger partial charge in [0.05, 0.1) is 21.7 Å². The zero-order valence-corrected chi connectivity index (χ0v) is 13.2. The average Bonchev–Trinajstić information content (AvgIpc) is 3.37. The largest absolute Gasteiger partial charge is 0.454 e. The van der Waals surface area contributed by atoms with Crippen LogP contribution in [0, 0.1) is 10.1 Å². The predicted octanol–water partition coefficient (Wildman–Crippen LogP) is 3.26. The van der Waals surface area contributed by atoms with Gasteiger partial charge in [0.25, 0.3) is 5.69 Å². The Morgan fingerprint density at radius 2 is 1.96 bits per heavy atom. The monoisotopic (exact) mass is 349 g/mol. The van der Waals surface area contributed by atoms with Crippen molar-refractivity contribution in [3.63, 3.8) is 0 Å². The molecule has 2 aromatic heterocycles. The Labute approximate surface area is 145 Å². The standard InChI is InChI=1S/C17H11N5O4/c23-22(24)10-2-3-11-13(6-10)19-17(18-11)14-7-12(20-21-14)9-1-4-15-16(5-9)26-8-25-15/h1-7H,8H2,(H,18,19)(H,20,21). The van der Waals surface area contributed by atoms with Crippen LogP contribution in [0.5, 0.6) is 11.5 Å². The molecule has 0 bridgehead atoms. The zero-order valence-electron chi connectivity index (χ0n) is 13.2. The quantitative estimate of drug-likeness (QED) is 0.433. The molecule has 0 saturated carbocycles. The van der Waals surface area contributed by atoms with Crippen molar-refractivity contribution < 1.29 is 14.4 Å². The molecule has 1 aliphatic heterocycles. The molecule has 128 valence electrons.